The number of carbonyl (C=O) groups excluding carboxylic acids is 1. The van der Waals surface area contributed by atoms with Crippen molar-refractivity contribution in [1.82, 2.24) is 9.80 Å². The molecule has 1 saturated heterocycles. The van der Waals surface area contributed by atoms with Crippen molar-refractivity contribution in [3.8, 4) is 17.2 Å². The summed E-state index contributed by atoms with van der Waals surface area (Å²) < 4.78 is 0. The van der Waals surface area contributed by atoms with Crippen LogP contribution in [-0.2, 0) is 11.2 Å². The molecule has 1 atom stereocenters. The lowest BCUT2D eigenvalue weighted by atomic mass is 9.79. The van der Waals surface area contributed by atoms with Crippen molar-refractivity contribution in [2.45, 2.75) is 57.0 Å². The van der Waals surface area contributed by atoms with Gasteiger partial charge in [0.15, 0.2) is 0 Å². The van der Waals surface area contributed by atoms with Gasteiger partial charge in [-0.2, -0.15) is 5.26 Å². The van der Waals surface area contributed by atoms with E-state index in [0.29, 0.717) is 33.8 Å². The highest BCUT2D eigenvalue weighted by Gasteiger charge is 2.37. The second-order valence-corrected chi connectivity index (χ2v) is 12.7. The fourth-order valence-corrected chi connectivity index (χ4v) is 7.76. The van der Waals surface area contributed by atoms with Gasteiger partial charge in [0.05, 0.1) is 18.2 Å². The van der Waals surface area contributed by atoms with E-state index in [0.717, 1.165) is 50.5 Å². The number of likely N-dealkylation sites (tertiary alicyclic amines) is 1. The predicted molar refractivity (Wildman–Crippen MR) is 166 cm³/mol. The van der Waals surface area contributed by atoms with E-state index >= 15 is 0 Å². The predicted octanol–water partition coefficient (Wildman–Crippen LogP) is 7.72. The Morgan fingerprint density at radius 1 is 0.878 bits per heavy atom. The highest BCUT2D eigenvalue weighted by Crippen LogP contribution is 2.42. The molecule has 2 heterocycles. The molecule has 212 valence electrons. The SMILES string of the molecule is N#Cc1ccc(-c2ccc3c(c2)CCN(CC(=O)Nc2cc(Cl)cc(Cl)c2)C3C2CCN(C3CCCC3)CC2)cc1. The minimum atomic E-state index is -0.0469. The van der Waals surface area contributed by atoms with Crippen LogP contribution >= 0.6 is 23.2 Å². The summed E-state index contributed by atoms with van der Waals surface area (Å²) >= 11 is 12.3. The summed E-state index contributed by atoms with van der Waals surface area (Å²) in [6.07, 6.45) is 8.61. The van der Waals surface area contributed by atoms with Gasteiger partial charge in [-0.05, 0) is 104 Å². The number of hydrogen-bond donors (Lipinski definition) is 1. The molecule has 0 radical (unpaired) electrons. The zero-order chi connectivity index (χ0) is 28.3. The maximum absolute atomic E-state index is 13.3. The van der Waals surface area contributed by atoms with E-state index < -0.39 is 0 Å². The van der Waals surface area contributed by atoms with Gasteiger partial charge in [0.25, 0.3) is 0 Å². The number of rotatable bonds is 6. The first-order valence-corrected chi connectivity index (χ1v) is 15.6. The number of halogens is 2. The summed E-state index contributed by atoms with van der Waals surface area (Å²) in [7, 11) is 0. The van der Waals surface area contributed by atoms with Gasteiger partial charge < -0.3 is 10.2 Å². The van der Waals surface area contributed by atoms with Gasteiger partial charge >= 0.3 is 0 Å². The second kappa shape index (κ2) is 12.5. The molecule has 1 N–H and O–H groups in total. The van der Waals surface area contributed by atoms with E-state index in [1.807, 2.05) is 24.3 Å². The topological polar surface area (TPSA) is 59.4 Å². The first kappa shape index (κ1) is 28.2. The molecule has 3 aliphatic rings. The number of hydrogen-bond acceptors (Lipinski definition) is 4. The van der Waals surface area contributed by atoms with Crippen molar-refractivity contribution in [3.05, 3.63) is 87.4 Å². The van der Waals surface area contributed by atoms with Crippen LogP contribution in [-0.4, -0.2) is 47.9 Å². The molecule has 3 aromatic carbocycles. The number of carbonyl (C=O) groups is 1. The van der Waals surface area contributed by atoms with Crippen molar-refractivity contribution in [2.24, 2.45) is 5.92 Å². The lowest BCUT2D eigenvalue weighted by molar-refractivity contribution is -0.118. The van der Waals surface area contributed by atoms with Gasteiger partial charge in [0.2, 0.25) is 5.91 Å². The number of nitrogens with zero attached hydrogens (tertiary/aromatic N) is 3. The van der Waals surface area contributed by atoms with Gasteiger partial charge in [-0.3, -0.25) is 9.69 Å². The molecule has 1 unspecified atom stereocenters. The van der Waals surface area contributed by atoms with Crippen LogP contribution in [0.5, 0.6) is 0 Å². The van der Waals surface area contributed by atoms with Crippen molar-refractivity contribution >= 4 is 34.8 Å². The number of benzene rings is 3. The van der Waals surface area contributed by atoms with E-state index in [9.17, 15) is 10.1 Å². The maximum Gasteiger partial charge on any atom is 0.238 e. The van der Waals surface area contributed by atoms with Gasteiger partial charge in [-0.1, -0.05) is 66.4 Å². The molecule has 7 heteroatoms. The molecular formula is C34H36Cl2N4O. The highest BCUT2D eigenvalue weighted by atomic mass is 35.5. The Morgan fingerprint density at radius 2 is 1.56 bits per heavy atom. The fourth-order valence-electron chi connectivity index (χ4n) is 7.24. The Kier molecular flexibility index (Phi) is 8.65. The number of piperidine rings is 1. The number of anilines is 1. The molecular weight excluding hydrogens is 551 g/mol. The lowest BCUT2D eigenvalue weighted by Gasteiger charge is -2.45. The smallest absolute Gasteiger partial charge is 0.238 e. The molecule has 2 fully saturated rings. The Hall–Kier alpha value is -2.88. The molecule has 1 aliphatic carbocycles. The average Bonchev–Trinajstić information content (AvgIpc) is 3.52. The van der Waals surface area contributed by atoms with E-state index in [4.69, 9.17) is 23.2 Å². The number of amides is 1. The summed E-state index contributed by atoms with van der Waals surface area (Å²) in [5, 5.41) is 13.2. The molecule has 2 aliphatic heterocycles. The van der Waals surface area contributed by atoms with Crippen LogP contribution in [0.15, 0.2) is 60.7 Å². The standard InChI is InChI=1S/C34H36Cl2N4O/c35-28-18-29(36)20-30(19-28)38-33(41)22-40-16-13-27-17-26(24-7-5-23(21-37)6-8-24)9-10-32(27)34(40)25-11-14-39(15-12-25)31-3-1-2-4-31/h5-10,17-20,25,31,34H,1-4,11-16,22H2,(H,38,41). The van der Waals surface area contributed by atoms with Gasteiger partial charge in [-0.25, -0.2) is 0 Å². The lowest BCUT2D eigenvalue weighted by Crippen LogP contribution is -2.47. The van der Waals surface area contributed by atoms with E-state index in [1.54, 1.807) is 18.2 Å². The minimum Gasteiger partial charge on any atom is -0.325 e. The minimum absolute atomic E-state index is 0.0469. The summed E-state index contributed by atoms with van der Waals surface area (Å²) in [4.78, 5) is 18.4. The number of nitrogens with one attached hydrogen (secondary N) is 1. The van der Waals surface area contributed by atoms with Gasteiger partial charge in [-0.15, -0.1) is 0 Å². The summed E-state index contributed by atoms with van der Waals surface area (Å²) in [6.45, 7) is 3.45. The van der Waals surface area contributed by atoms with Crippen LogP contribution in [0.2, 0.25) is 10.0 Å². The molecule has 0 bridgehead atoms. The van der Waals surface area contributed by atoms with Crippen molar-refractivity contribution < 1.29 is 4.79 Å². The first-order valence-electron chi connectivity index (χ1n) is 14.8. The molecule has 0 aromatic heterocycles. The maximum atomic E-state index is 13.3. The van der Waals surface area contributed by atoms with Crippen LogP contribution in [0.1, 0.15) is 61.3 Å². The van der Waals surface area contributed by atoms with E-state index in [1.165, 1.54) is 42.4 Å². The molecule has 3 aromatic rings. The molecule has 1 saturated carbocycles. The van der Waals surface area contributed by atoms with Gasteiger partial charge in [0.1, 0.15) is 0 Å². The Morgan fingerprint density at radius 3 is 2.24 bits per heavy atom. The van der Waals surface area contributed by atoms with Crippen LogP contribution in [0, 0.1) is 17.2 Å². The molecule has 0 spiro atoms. The largest absolute Gasteiger partial charge is 0.325 e. The molecule has 41 heavy (non-hydrogen) atoms. The third-order valence-electron chi connectivity index (χ3n) is 9.23. The fraction of sp³-hybridized carbons (Fsp3) is 0.412. The Bertz CT molecular complexity index is 1420. The third-order valence-corrected chi connectivity index (χ3v) is 9.66. The Balaban J connectivity index is 1.24. The third kappa shape index (κ3) is 6.47. The van der Waals surface area contributed by atoms with Crippen molar-refractivity contribution in [3.63, 3.8) is 0 Å². The van der Waals surface area contributed by atoms with Crippen LogP contribution in [0.25, 0.3) is 11.1 Å². The zero-order valence-electron chi connectivity index (χ0n) is 23.3. The highest BCUT2D eigenvalue weighted by molar-refractivity contribution is 6.35. The van der Waals surface area contributed by atoms with E-state index in [2.05, 4.69) is 39.4 Å². The number of fused-ring (bicyclic) bond motifs is 1. The van der Waals surface area contributed by atoms with Crippen LogP contribution in [0.4, 0.5) is 5.69 Å². The van der Waals surface area contributed by atoms with Crippen LogP contribution < -0.4 is 5.32 Å². The van der Waals surface area contributed by atoms with Gasteiger partial charge in [0, 0.05) is 34.4 Å². The van der Waals surface area contributed by atoms with Crippen molar-refractivity contribution in [1.29, 1.82) is 5.26 Å². The average molecular weight is 588 g/mol. The first-order chi connectivity index (χ1) is 20.0. The summed E-state index contributed by atoms with van der Waals surface area (Å²) in [5.74, 6) is 0.454. The normalized spacial score (nSPS) is 20.5. The molecule has 6 rings (SSSR count). The van der Waals surface area contributed by atoms with E-state index in [-0.39, 0.29) is 11.9 Å². The molecule has 1 amide bonds. The van der Waals surface area contributed by atoms with Crippen molar-refractivity contribution in [2.75, 3.05) is 31.5 Å². The number of nitriles is 1. The quantitative estimate of drug-likeness (QED) is 0.321. The monoisotopic (exact) mass is 586 g/mol. The second-order valence-electron chi connectivity index (χ2n) is 11.8. The summed E-state index contributed by atoms with van der Waals surface area (Å²) in [5.41, 5.74) is 6.31. The molecule has 5 nitrogen and oxygen atoms in total. The zero-order valence-corrected chi connectivity index (χ0v) is 24.8. The van der Waals surface area contributed by atoms with Crippen LogP contribution in [0.3, 0.4) is 0 Å². The summed E-state index contributed by atoms with van der Waals surface area (Å²) in [6, 6.07) is 22.9. The Labute approximate surface area is 253 Å².